The highest BCUT2D eigenvalue weighted by Gasteiger charge is 2.25. The Morgan fingerprint density at radius 3 is 2.64 bits per heavy atom. The molecule has 0 bridgehead atoms. The van der Waals surface area contributed by atoms with Gasteiger partial charge < -0.3 is 10.2 Å². The maximum Gasteiger partial charge on any atom is 0.307 e. The van der Waals surface area contributed by atoms with Gasteiger partial charge in [-0.2, -0.15) is 0 Å². The van der Waals surface area contributed by atoms with Crippen molar-refractivity contribution in [1.29, 1.82) is 0 Å². The minimum atomic E-state index is -1.15. The van der Waals surface area contributed by atoms with Crippen LogP contribution in [0.3, 0.4) is 0 Å². The lowest BCUT2D eigenvalue weighted by Crippen LogP contribution is -2.14. The first kappa shape index (κ1) is 18.8. The molecule has 5 nitrogen and oxygen atoms in total. The Balaban J connectivity index is 2.80. The Morgan fingerprint density at radius 2 is 2.08 bits per heavy atom. The van der Waals surface area contributed by atoms with E-state index >= 15 is 0 Å². The molecule has 0 aliphatic carbocycles. The van der Waals surface area contributed by atoms with Gasteiger partial charge in [0.2, 0.25) is 0 Å². The molecule has 132 valence electrons. The molecule has 0 saturated carbocycles. The minimum Gasteiger partial charge on any atom is -0.505 e. The fraction of sp³-hybridized carbons (Fsp3) is 0.222. The van der Waals surface area contributed by atoms with Crippen LogP contribution in [0.25, 0.3) is 10.9 Å². The van der Waals surface area contributed by atoms with Gasteiger partial charge in [0.25, 0.3) is 5.91 Å². The smallest absolute Gasteiger partial charge is 0.307 e. The van der Waals surface area contributed by atoms with Crippen molar-refractivity contribution in [2.75, 3.05) is 0 Å². The summed E-state index contributed by atoms with van der Waals surface area (Å²) in [6, 6.07) is 2.56. The summed E-state index contributed by atoms with van der Waals surface area (Å²) < 4.78 is 15.7. The van der Waals surface area contributed by atoms with E-state index in [1.54, 1.807) is 13.0 Å². The molecule has 7 heteroatoms. The zero-order chi connectivity index (χ0) is 18.7. The lowest BCUT2D eigenvalue weighted by molar-refractivity contribution is -0.136. The van der Waals surface area contributed by atoms with E-state index < -0.39 is 29.9 Å². The number of aromatic hydroxyl groups is 1. The Morgan fingerprint density at radius 1 is 1.40 bits per heavy atom. The van der Waals surface area contributed by atoms with Gasteiger partial charge in [-0.25, -0.2) is 4.39 Å². The third-order valence-electron chi connectivity index (χ3n) is 3.76. The number of halogens is 1. The average molecular weight is 363 g/mol. The third kappa shape index (κ3) is 3.46. The maximum absolute atomic E-state index is 14.5. The molecular formula is C18H18FNO4S. The number of aliphatic carboxylic acids is 1. The summed E-state index contributed by atoms with van der Waals surface area (Å²) in [7, 11) is 0. The Hall–Kier alpha value is -2.54. The summed E-state index contributed by atoms with van der Waals surface area (Å²) in [4.78, 5) is 24.5. The minimum absolute atomic E-state index is 0.0484. The number of carboxylic acid groups (broad SMARTS) is 1. The summed E-state index contributed by atoms with van der Waals surface area (Å²) in [6.45, 7) is 7.05. The van der Waals surface area contributed by atoms with Crippen molar-refractivity contribution in [1.82, 2.24) is 4.57 Å². The SMILES string of the molecule is C=CS/C(=C\CC)C(=O)n1c(C)c(CC(=O)O)c2c(F)c(O)ccc21. The van der Waals surface area contributed by atoms with Crippen LogP contribution in [0.5, 0.6) is 5.75 Å². The van der Waals surface area contributed by atoms with Crippen molar-refractivity contribution in [2.45, 2.75) is 26.7 Å². The third-order valence-corrected chi connectivity index (χ3v) is 4.52. The van der Waals surface area contributed by atoms with Crippen molar-refractivity contribution in [3.8, 4) is 5.75 Å². The molecule has 2 rings (SSSR count). The first-order valence-corrected chi connectivity index (χ1v) is 8.46. The topological polar surface area (TPSA) is 79.5 Å². The van der Waals surface area contributed by atoms with Crippen LogP contribution in [0.2, 0.25) is 0 Å². The molecule has 2 N–H and O–H groups in total. The number of nitrogens with zero attached hydrogens (tertiary/aromatic N) is 1. The van der Waals surface area contributed by atoms with Crippen LogP contribution in [0.15, 0.2) is 35.1 Å². The molecule has 1 aromatic carbocycles. The van der Waals surface area contributed by atoms with Crippen LogP contribution in [-0.2, 0) is 11.2 Å². The molecule has 0 radical (unpaired) electrons. The molecule has 0 fully saturated rings. The lowest BCUT2D eigenvalue weighted by atomic mass is 10.1. The summed E-state index contributed by atoms with van der Waals surface area (Å²) in [6.07, 6.45) is 1.90. The molecule has 0 saturated heterocycles. The van der Waals surface area contributed by atoms with E-state index in [1.807, 2.05) is 6.92 Å². The number of carbonyl (C=O) groups excluding carboxylic acids is 1. The van der Waals surface area contributed by atoms with Gasteiger partial charge >= 0.3 is 5.97 Å². The van der Waals surface area contributed by atoms with E-state index in [0.29, 0.717) is 17.0 Å². The van der Waals surface area contributed by atoms with Crippen LogP contribution < -0.4 is 0 Å². The number of hydrogen-bond acceptors (Lipinski definition) is 4. The quantitative estimate of drug-likeness (QED) is 0.751. The molecule has 0 aliphatic heterocycles. The van der Waals surface area contributed by atoms with Crippen LogP contribution in [0.4, 0.5) is 4.39 Å². The molecule has 0 unspecified atom stereocenters. The van der Waals surface area contributed by atoms with Crippen LogP contribution in [0.1, 0.15) is 29.4 Å². The summed E-state index contributed by atoms with van der Waals surface area (Å²) in [5.74, 6) is -3.06. The van der Waals surface area contributed by atoms with Crippen LogP contribution in [-0.4, -0.2) is 26.7 Å². The van der Waals surface area contributed by atoms with Crippen LogP contribution in [0, 0.1) is 12.7 Å². The Labute approximate surface area is 148 Å². The van der Waals surface area contributed by atoms with Gasteiger partial charge in [0.1, 0.15) is 0 Å². The van der Waals surface area contributed by atoms with Gasteiger partial charge in [0.05, 0.1) is 16.8 Å². The number of carboxylic acids is 1. The van der Waals surface area contributed by atoms with E-state index in [1.165, 1.54) is 16.0 Å². The molecule has 1 aromatic heterocycles. The number of carbonyl (C=O) groups is 2. The van der Waals surface area contributed by atoms with Crippen molar-refractivity contribution in [3.63, 3.8) is 0 Å². The molecule has 25 heavy (non-hydrogen) atoms. The van der Waals surface area contributed by atoms with Crippen LogP contribution >= 0.6 is 11.8 Å². The van der Waals surface area contributed by atoms with Crippen molar-refractivity contribution < 1.29 is 24.2 Å². The van der Waals surface area contributed by atoms with Gasteiger partial charge in [-0.1, -0.05) is 31.3 Å². The van der Waals surface area contributed by atoms with Gasteiger partial charge in [0.15, 0.2) is 11.6 Å². The van der Waals surface area contributed by atoms with Gasteiger partial charge in [-0.15, -0.1) is 0 Å². The van der Waals surface area contributed by atoms with Crippen molar-refractivity contribution in [3.05, 3.63) is 52.2 Å². The van der Waals surface area contributed by atoms with E-state index in [-0.39, 0.29) is 16.5 Å². The van der Waals surface area contributed by atoms with Gasteiger partial charge in [-0.05, 0) is 36.4 Å². The molecular weight excluding hydrogens is 345 g/mol. The normalized spacial score (nSPS) is 11.7. The second-order valence-corrected chi connectivity index (χ2v) is 6.34. The first-order valence-electron chi connectivity index (χ1n) is 7.59. The summed E-state index contributed by atoms with van der Waals surface area (Å²) >= 11 is 1.15. The van der Waals surface area contributed by atoms with E-state index in [2.05, 4.69) is 6.58 Å². The molecule has 0 atom stereocenters. The number of fused-ring (bicyclic) bond motifs is 1. The first-order chi connectivity index (χ1) is 11.8. The number of aromatic nitrogens is 1. The molecule has 0 spiro atoms. The second kappa shape index (κ2) is 7.57. The Kier molecular flexibility index (Phi) is 5.69. The molecule has 0 amide bonds. The summed E-state index contributed by atoms with van der Waals surface area (Å²) in [5.41, 5.74) is 0.725. The highest BCUT2D eigenvalue weighted by atomic mass is 32.2. The fourth-order valence-corrected chi connectivity index (χ4v) is 3.36. The number of allylic oxidation sites excluding steroid dienone is 2. The van der Waals surface area contributed by atoms with E-state index in [9.17, 15) is 19.1 Å². The summed E-state index contributed by atoms with van der Waals surface area (Å²) in [5, 5.41) is 20.2. The maximum atomic E-state index is 14.5. The second-order valence-electron chi connectivity index (χ2n) is 5.33. The molecule has 0 aliphatic rings. The van der Waals surface area contributed by atoms with Gasteiger partial charge in [0, 0.05) is 11.1 Å². The Bertz CT molecular complexity index is 898. The highest BCUT2D eigenvalue weighted by molar-refractivity contribution is 8.06. The fourth-order valence-electron chi connectivity index (χ4n) is 2.73. The number of phenols is 1. The average Bonchev–Trinajstić information content (AvgIpc) is 2.82. The largest absolute Gasteiger partial charge is 0.505 e. The predicted molar refractivity (Wildman–Crippen MR) is 96.4 cm³/mol. The van der Waals surface area contributed by atoms with Crippen molar-refractivity contribution in [2.24, 2.45) is 0 Å². The number of benzene rings is 1. The number of hydrogen-bond donors (Lipinski definition) is 2. The number of phenolic OH excluding ortho intramolecular Hbond substituents is 1. The standard InChI is InChI=1S/C18H18FNO4S/c1-4-6-14(25-5-2)18(24)20-10(3)11(9-15(22)23)16-12(20)7-8-13(21)17(16)19/h5-8,21H,2,4,9H2,1,3H3,(H,22,23)/b14-6-. The zero-order valence-electron chi connectivity index (χ0n) is 13.9. The van der Waals surface area contributed by atoms with E-state index in [0.717, 1.165) is 17.8 Å². The zero-order valence-corrected chi connectivity index (χ0v) is 14.7. The predicted octanol–water partition coefficient (Wildman–Crippen LogP) is 4.23. The van der Waals surface area contributed by atoms with E-state index in [4.69, 9.17) is 5.11 Å². The monoisotopic (exact) mass is 363 g/mol. The van der Waals surface area contributed by atoms with Crippen molar-refractivity contribution >= 4 is 34.5 Å². The molecule has 2 aromatic rings. The molecule has 1 heterocycles. The number of rotatable bonds is 6. The van der Waals surface area contributed by atoms with Gasteiger partial charge in [-0.3, -0.25) is 14.2 Å². The lowest BCUT2D eigenvalue weighted by Gasteiger charge is -2.09. The number of thioether (sulfide) groups is 1. The highest BCUT2D eigenvalue weighted by Crippen LogP contribution is 2.34.